The maximum atomic E-state index is 11.0. The third-order valence-corrected chi connectivity index (χ3v) is 2.41. The van der Waals surface area contributed by atoms with Gasteiger partial charge in [-0.3, -0.25) is 4.79 Å². The van der Waals surface area contributed by atoms with Crippen LogP contribution in [0.15, 0.2) is 6.07 Å². The lowest BCUT2D eigenvalue weighted by Gasteiger charge is -2.14. The van der Waals surface area contributed by atoms with Crippen molar-refractivity contribution in [2.75, 3.05) is 17.2 Å². The summed E-state index contributed by atoms with van der Waals surface area (Å²) in [5, 5.41) is 6.11. The van der Waals surface area contributed by atoms with E-state index in [1.807, 2.05) is 20.8 Å². The summed E-state index contributed by atoms with van der Waals surface area (Å²) in [5.41, 5.74) is 5.22. The van der Waals surface area contributed by atoms with Crippen LogP contribution in [0.2, 0.25) is 0 Å². The maximum absolute atomic E-state index is 11.0. The molecule has 1 aromatic heterocycles. The molecule has 1 rings (SSSR count). The van der Waals surface area contributed by atoms with Crippen LogP contribution < -0.4 is 16.4 Å². The molecule has 0 aliphatic heterocycles. The number of hydrogen-bond donors (Lipinski definition) is 3. The first kappa shape index (κ1) is 14.2. The average Bonchev–Trinajstić information content (AvgIpc) is 2.28. The van der Waals surface area contributed by atoms with E-state index in [2.05, 4.69) is 20.6 Å². The Labute approximate surface area is 107 Å². The summed E-state index contributed by atoms with van der Waals surface area (Å²) >= 11 is 0. The second kappa shape index (κ2) is 6.18. The third-order valence-electron chi connectivity index (χ3n) is 2.41. The number of primary amides is 1. The van der Waals surface area contributed by atoms with Crippen LogP contribution >= 0.6 is 0 Å². The average molecular weight is 251 g/mol. The Morgan fingerprint density at radius 1 is 1.33 bits per heavy atom. The van der Waals surface area contributed by atoms with Crippen LogP contribution in [0, 0.1) is 0 Å². The molecule has 100 valence electrons. The minimum atomic E-state index is -0.464. The highest BCUT2D eigenvalue weighted by atomic mass is 16.1. The van der Waals surface area contributed by atoms with Crippen LogP contribution in [0.1, 0.15) is 39.4 Å². The van der Waals surface area contributed by atoms with E-state index >= 15 is 0 Å². The number of anilines is 2. The Hall–Kier alpha value is -1.85. The van der Waals surface area contributed by atoms with Gasteiger partial charge in [-0.25, -0.2) is 9.97 Å². The fourth-order valence-electron chi connectivity index (χ4n) is 1.36. The smallest absolute Gasteiger partial charge is 0.239 e. The molecule has 0 aliphatic carbocycles. The van der Waals surface area contributed by atoms with Crippen molar-refractivity contribution in [3.05, 3.63) is 11.9 Å². The summed E-state index contributed by atoms with van der Waals surface area (Å²) in [6.45, 7) is 8.51. The zero-order valence-electron chi connectivity index (χ0n) is 11.3. The monoisotopic (exact) mass is 251 g/mol. The topological polar surface area (TPSA) is 92.9 Å². The second-order valence-corrected chi connectivity index (χ2v) is 4.45. The van der Waals surface area contributed by atoms with Crippen molar-refractivity contribution in [3.8, 4) is 0 Å². The van der Waals surface area contributed by atoms with Gasteiger partial charge in [0.2, 0.25) is 5.91 Å². The van der Waals surface area contributed by atoms with Gasteiger partial charge in [0, 0.05) is 18.5 Å². The van der Waals surface area contributed by atoms with Gasteiger partial charge >= 0.3 is 0 Å². The molecule has 1 amide bonds. The van der Waals surface area contributed by atoms with Crippen molar-refractivity contribution in [1.29, 1.82) is 0 Å². The number of rotatable bonds is 6. The molecular weight excluding hydrogens is 230 g/mol. The van der Waals surface area contributed by atoms with E-state index in [0.717, 1.165) is 18.2 Å². The van der Waals surface area contributed by atoms with Crippen LogP contribution in [0.5, 0.6) is 0 Å². The highest BCUT2D eigenvalue weighted by molar-refractivity contribution is 5.82. The van der Waals surface area contributed by atoms with Gasteiger partial charge in [-0.2, -0.15) is 0 Å². The number of aromatic nitrogens is 2. The van der Waals surface area contributed by atoms with Crippen molar-refractivity contribution in [2.24, 2.45) is 5.73 Å². The van der Waals surface area contributed by atoms with E-state index in [1.165, 1.54) is 0 Å². The molecule has 1 atom stereocenters. The lowest BCUT2D eigenvalue weighted by molar-refractivity contribution is -0.118. The van der Waals surface area contributed by atoms with E-state index in [-0.39, 0.29) is 5.92 Å². The van der Waals surface area contributed by atoms with Gasteiger partial charge in [0.1, 0.15) is 23.5 Å². The summed E-state index contributed by atoms with van der Waals surface area (Å²) < 4.78 is 0. The fourth-order valence-corrected chi connectivity index (χ4v) is 1.36. The molecule has 6 nitrogen and oxygen atoms in total. The molecular formula is C12H21N5O. The Balaban J connectivity index is 2.99. The number of nitrogens with one attached hydrogen (secondary N) is 2. The summed E-state index contributed by atoms with van der Waals surface area (Å²) in [6, 6.07) is 1.31. The van der Waals surface area contributed by atoms with Crippen molar-refractivity contribution < 1.29 is 4.79 Å². The van der Waals surface area contributed by atoms with E-state index in [0.29, 0.717) is 5.82 Å². The van der Waals surface area contributed by atoms with Gasteiger partial charge in [0.25, 0.3) is 0 Å². The molecule has 0 saturated carbocycles. The maximum Gasteiger partial charge on any atom is 0.239 e. The molecule has 0 spiro atoms. The molecule has 1 heterocycles. The molecule has 6 heteroatoms. The second-order valence-electron chi connectivity index (χ2n) is 4.45. The van der Waals surface area contributed by atoms with Crippen molar-refractivity contribution in [1.82, 2.24) is 9.97 Å². The Morgan fingerprint density at radius 2 is 1.94 bits per heavy atom. The normalized spacial score (nSPS) is 12.3. The Bertz CT molecular complexity index is 419. The van der Waals surface area contributed by atoms with Gasteiger partial charge in [0.05, 0.1) is 0 Å². The quantitative estimate of drug-likeness (QED) is 0.709. The summed E-state index contributed by atoms with van der Waals surface area (Å²) in [7, 11) is 0. The van der Waals surface area contributed by atoms with Crippen LogP contribution in [-0.2, 0) is 4.79 Å². The standard InChI is InChI=1S/C12H21N5O/c1-5-14-9-6-10(15-8(4)11(13)18)17-12(16-9)7(2)3/h6-8H,5H2,1-4H3,(H2,13,18)(H2,14,15,16,17). The molecule has 0 radical (unpaired) electrons. The van der Waals surface area contributed by atoms with Crippen molar-refractivity contribution in [3.63, 3.8) is 0 Å². The van der Waals surface area contributed by atoms with E-state index in [4.69, 9.17) is 5.73 Å². The first-order valence-corrected chi connectivity index (χ1v) is 6.12. The lowest BCUT2D eigenvalue weighted by atomic mass is 10.2. The fraction of sp³-hybridized carbons (Fsp3) is 0.583. The highest BCUT2D eigenvalue weighted by Crippen LogP contribution is 2.17. The van der Waals surface area contributed by atoms with E-state index < -0.39 is 11.9 Å². The number of nitrogens with zero attached hydrogens (tertiary/aromatic N) is 2. The Kier molecular flexibility index (Phi) is 4.88. The van der Waals surface area contributed by atoms with Crippen molar-refractivity contribution in [2.45, 2.75) is 39.7 Å². The van der Waals surface area contributed by atoms with Gasteiger partial charge in [-0.05, 0) is 13.8 Å². The zero-order chi connectivity index (χ0) is 13.7. The summed E-state index contributed by atoms with van der Waals surface area (Å²) in [5.74, 6) is 1.89. The predicted molar refractivity (Wildman–Crippen MR) is 72.6 cm³/mol. The van der Waals surface area contributed by atoms with Gasteiger partial charge in [-0.1, -0.05) is 13.8 Å². The van der Waals surface area contributed by atoms with Crippen LogP contribution in [0.3, 0.4) is 0 Å². The van der Waals surface area contributed by atoms with E-state index in [9.17, 15) is 4.79 Å². The first-order chi connectivity index (χ1) is 8.43. The highest BCUT2D eigenvalue weighted by Gasteiger charge is 2.12. The Morgan fingerprint density at radius 3 is 2.44 bits per heavy atom. The molecule has 1 aromatic rings. The molecule has 18 heavy (non-hydrogen) atoms. The molecule has 0 aliphatic rings. The van der Waals surface area contributed by atoms with Gasteiger partial charge in [0.15, 0.2) is 0 Å². The molecule has 1 unspecified atom stereocenters. The number of amides is 1. The minimum absolute atomic E-state index is 0.216. The first-order valence-electron chi connectivity index (χ1n) is 6.12. The van der Waals surface area contributed by atoms with E-state index in [1.54, 1.807) is 13.0 Å². The molecule has 0 fully saturated rings. The van der Waals surface area contributed by atoms with Crippen LogP contribution in [0.4, 0.5) is 11.6 Å². The number of carbonyl (C=O) groups is 1. The zero-order valence-corrected chi connectivity index (χ0v) is 11.3. The third kappa shape index (κ3) is 3.87. The van der Waals surface area contributed by atoms with Gasteiger partial charge in [-0.15, -0.1) is 0 Å². The number of carbonyl (C=O) groups excluding carboxylic acids is 1. The molecule has 0 bridgehead atoms. The van der Waals surface area contributed by atoms with Crippen LogP contribution in [-0.4, -0.2) is 28.5 Å². The largest absolute Gasteiger partial charge is 0.370 e. The minimum Gasteiger partial charge on any atom is -0.370 e. The summed E-state index contributed by atoms with van der Waals surface area (Å²) in [6.07, 6.45) is 0. The van der Waals surface area contributed by atoms with Crippen molar-refractivity contribution >= 4 is 17.5 Å². The molecule has 4 N–H and O–H groups in total. The SMILES string of the molecule is CCNc1cc(NC(C)C(N)=O)nc(C(C)C)n1. The molecule has 0 saturated heterocycles. The molecule has 0 aromatic carbocycles. The number of nitrogens with two attached hydrogens (primary N) is 1. The van der Waals surface area contributed by atoms with Crippen LogP contribution in [0.25, 0.3) is 0 Å². The summed E-state index contributed by atoms with van der Waals surface area (Å²) in [4.78, 5) is 19.8. The lowest BCUT2D eigenvalue weighted by Crippen LogP contribution is -2.33. The van der Waals surface area contributed by atoms with Gasteiger partial charge < -0.3 is 16.4 Å². The number of hydrogen-bond acceptors (Lipinski definition) is 5. The predicted octanol–water partition coefficient (Wildman–Crippen LogP) is 1.32.